The molecule has 1 saturated carbocycles. The minimum Gasteiger partial charge on any atom is -0.456 e. The van der Waals surface area contributed by atoms with E-state index in [9.17, 15) is 18.0 Å². The SMILES string of the molecule is O=C1OC(c2ccc(C3CCCCC3)cc2)[C@H]1C(F)(F)F. The van der Waals surface area contributed by atoms with E-state index < -0.39 is 24.2 Å². The average molecular weight is 298 g/mol. The largest absolute Gasteiger partial charge is 0.456 e. The first kappa shape index (κ1) is 14.4. The Balaban J connectivity index is 1.74. The Morgan fingerprint density at radius 3 is 2.05 bits per heavy atom. The number of rotatable bonds is 2. The van der Waals surface area contributed by atoms with E-state index in [0.29, 0.717) is 11.5 Å². The van der Waals surface area contributed by atoms with Gasteiger partial charge < -0.3 is 4.74 Å². The maximum atomic E-state index is 12.8. The predicted molar refractivity (Wildman–Crippen MR) is 70.6 cm³/mol. The minimum atomic E-state index is -4.54. The van der Waals surface area contributed by atoms with Crippen molar-refractivity contribution >= 4 is 5.97 Å². The van der Waals surface area contributed by atoms with Crippen LogP contribution in [0.2, 0.25) is 0 Å². The van der Waals surface area contributed by atoms with E-state index in [-0.39, 0.29) is 0 Å². The Hall–Kier alpha value is -1.52. The van der Waals surface area contributed by atoms with E-state index in [0.717, 1.165) is 12.8 Å². The number of carbonyl (C=O) groups is 1. The summed E-state index contributed by atoms with van der Waals surface area (Å²) < 4.78 is 43.0. The molecule has 1 saturated heterocycles. The molecule has 2 nitrogen and oxygen atoms in total. The molecule has 1 aromatic carbocycles. The molecule has 1 aliphatic carbocycles. The average Bonchev–Trinajstić information content (AvgIpc) is 2.44. The molecule has 0 bridgehead atoms. The molecule has 21 heavy (non-hydrogen) atoms. The molecule has 2 aliphatic rings. The molecular formula is C16H17F3O2. The molecule has 1 heterocycles. The van der Waals surface area contributed by atoms with Gasteiger partial charge in [0.2, 0.25) is 0 Å². The molecule has 1 unspecified atom stereocenters. The Labute approximate surface area is 121 Å². The molecule has 0 spiro atoms. The van der Waals surface area contributed by atoms with Gasteiger partial charge in [0.25, 0.3) is 0 Å². The van der Waals surface area contributed by atoms with Gasteiger partial charge in [-0.25, -0.2) is 0 Å². The maximum absolute atomic E-state index is 12.8. The zero-order chi connectivity index (χ0) is 15.0. The standard InChI is InChI=1S/C16H17F3O2/c17-16(18,19)13-14(21-15(13)20)12-8-6-11(7-9-12)10-4-2-1-3-5-10/h6-10,13-14H,1-5H2/t13-,14?/m1/s1. The summed E-state index contributed by atoms with van der Waals surface area (Å²) in [7, 11) is 0. The molecule has 2 fully saturated rings. The molecule has 3 rings (SSSR count). The lowest BCUT2D eigenvalue weighted by Crippen LogP contribution is -2.47. The summed E-state index contributed by atoms with van der Waals surface area (Å²) in [5.74, 6) is -2.68. The molecule has 1 aromatic rings. The molecular weight excluding hydrogens is 281 g/mol. The summed E-state index contributed by atoms with van der Waals surface area (Å²) >= 11 is 0. The zero-order valence-electron chi connectivity index (χ0n) is 11.5. The number of esters is 1. The number of benzene rings is 1. The highest BCUT2D eigenvalue weighted by molar-refractivity contribution is 5.80. The van der Waals surface area contributed by atoms with Gasteiger partial charge in [0.15, 0.2) is 5.92 Å². The van der Waals surface area contributed by atoms with Crippen LogP contribution in [0.1, 0.15) is 55.3 Å². The third kappa shape index (κ3) is 2.78. The summed E-state index contributed by atoms with van der Waals surface area (Å²) in [6, 6.07) is 7.09. The second-order valence-electron chi connectivity index (χ2n) is 5.88. The van der Waals surface area contributed by atoms with Crippen LogP contribution in [0.15, 0.2) is 24.3 Å². The van der Waals surface area contributed by atoms with Crippen molar-refractivity contribution in [3.05, 3.63) is 35.4 Å². The number of halogens is 3. The molecule has 0 N–H and O–H groups in total. The first-order valence-corrected chi connectivity index (χ1v) is 7.34. The van der Waals surface area contributed by atoms with Gasteiger partial charge in [-0.3, -0.25) is 4.79 Å². The molecule has 5 heteroatoms. The second-order valence-corrected chi connectivity index (χ2v) is 5.88. The Bertz CT molecular complexity index is 515. The molecule has 2 atom stereocenters. The van der Waals surface area contributed by atoms with Crippen LogP contribution in [0, 0.1) is 5.92 Å². The first-order chi connectivity index (χ1) is 9.97. The van der Waals surface area contributed by atoms with Crippen LogP contribution in [-0.4, -0.2) is 12.1 Å². The number of hydrogen-bond donors (Lipinski definition) is 0. The third-order valence-corrected chi connectivity index (χ3v) is 4.49. The van der Waals surface area contributed by atoms with Crippen LogP contribution in [0.25, 0.3) is 0 Å². The van der Waals surface area contributed by atoms with Crippen molar-refractivity contribution in [2.45, 2.75) is 50.3 Å². The van der Waals surface area contributed by atoms with Crippen LogP contribution < -0.4 is 0 Å². The highest BCUT2D eigenvalue weighted by atomic mass is 19.4. The van der Waals surface area contributed by atoms with Crippen LogP contribution in [-0.2, 0) is 9.53 Å². The van der Waals surface area contributed by atoms with Crippen molar-refractivity contribution in [3.63, 3.8) is 0 Å². The van der Waals surface area contributed by atoms with Gasteiger partial charge in [0.05, 0.1) is 0 Å². The zero-order valence-corrected chi connectivity index (χ0v) is 11.5. The van der Waals surface area contributed by atoms with Crippen molar-refractivity contribution in [1.29, 1.82) is 0 Å². The quantitative estimate of drug-likeness (QED) is 0.751. The summed E-state index contributed by atoms with van der Waals surface area (Å²) in [5, 5.41) is 0. The number of carbonyl (C=O) groups excluding carboxylic acids is 1. The van der Waals surface area contributed by atoms with Crippen molar-refractivity contribution in [1.82, 2.24) is 0 Å². The summed E-state index contributed by atoms with van der Waals surface area (Å²) in [6.45, 7) is 0. The lowest BCUT2D eigenvalue weighted by atomic mass is 9.83. The Kier molecular flexibility index (Phi) is 3.68. The normalized spacial score (nSPS) is 27.1. The van der Waals surface area contributed by atoms with Gasteiger partial charge in [0, 0.05) is 0 Å². The summed E-state index contributed by atoms with van der Waals surface area (Å²) in [6.07, 6.45) is 0.247. The fourth-order valence-electron chi connectivity index (χ4n) is 3.28. The molecule has 0 radical (unpaired) electrons. The lowest BCUT2D eigenvalue weighted by molar-refractivity contribution is -0.256. The summed E-state index contributed by atoms with van der Waals surface area (Å²) in [4.78, 5) is 11.0. The lowest BCUT2D eigenvalue weighted by Gasteiger charge is -2.36. The van der Waals surface area contributed by atoms with Crippen LogP contribution in [0.3, 0.4) is 0 Å². The second kappa shape index (κ2) is 5.35. The van der Waals surface area contributed by atoms with Gasteiger partial charge in [-0.1, -0.05) is 43.5 Å². The number of alkyl halides is 3. The summed E-state index contributed by atoms with van der Waals surface area (Å²) in [5.41, 5.74) is 1.60. The van der Waals surface area contributed by atoms with Crippen molar-refractivity contribution in [2.75, 3.05) is 0 Å². The Morgan fingerprint density at radius 1 is 0.952 bits per heavy atom. The number of hydrogen-bond acceptors (Lipinski definition) is 2. The van der Waals surface area contributed by atoms with Crippen LogP contribution in [0.4, 0.5) is 13.2 Å². The highest BCUT2D eigenvalue weighted by Gasteiger charge is 2.59. The van der Waals surface area contributed by atoms with Crippen molar-refractivity contribution in [2.24, 2.45) is 5.92 Å². The van der Waals surface area contributed by atoms with Gasteiger partial charge in [-0.2, -0.15) is 13.2 Å². The fourth-order valence-corrected chi connectivity index (χ4v) is 3.28. The monoisotopic (exact) mass is 298 g/mol. The number of cyclic esters (lactones) is 1. The molecule has 0 amide bonds. The first-order valence-electron chi connectivity index (χ1n) is 7.34. The van der Waals surface area contributed by atoms with Crippen LogP contribution in [0.5, 0.6) is 0 Å². The third-order valence-electron chi connectivity index (χ3n) is 4.49. The molecule has 1 aliphatic heterocycles. The number of ether oxygens (including phenoxy) is 1. The van der Waals surface area contributed by atoms with E-state index in [2.05, 4.69) is 0 Å². The van der Waals surface area contributed by atoms with Gasteiger partial charge in [-0.15, -0.1) is 0 Å². The fraction of sp³-hybridized carbons (Fsp3) is 0.562. The van der Waals surface area contributed by atoms with E-state index in [4.69, 9.17) is 4.74 Å². The van der Waals surface area contributed by atoms with E-state index in [1.807, 2.05) is 12.1 Å². The maximum Gasteiger partial charge on any atom is 0.406 e. The molecule has 114 valence electrons. The topological polar surface area (TPSA) is 26.3 Å². The van der Waals surface area contributed by atoms with E-state index in [1.54, 1.807) is 12.1 Å². The highest BCUT2D eigenvalue weighted by Crippen LogP contribution is 2.46. The van der Waals surface area contributed by atoms with Gasteiger partial charge >= 0.3 is 12.1 Å². The smallest absolute Gasteiger partial charge is 0.406 e. The van der Waals surface area contributed by atoms with Gasteiger partial charge in [0.1, 0.15) is 6.10 Å². The Morgan fingerprint density at radius 2 is 1.52 bits per heavy atom. The van der Waals surface area contributed by atoms with E-state index >= 15 is 0 Å². The van der Waals surface area contributed by atoms with Crippen LogP contribution >= 0.6 is 0 Å². The minimum absolute atomic E-state index is 0.427. The van der Waals surface area contributed by atoms with E-state index in [1.165, 1.54) is 24.8 Å². The predicted octanol–water partition coefficient (Wildman–Crippen LogP) is 4.51. The van der Waals surface area contributed by atoms with Crippen molar-refractivity contribution in [3.8, 4) is 0 Å². The van der Waals surface area contributed by atoms with Crippen molar-refractivity contribution < 1.29 is 22.7 Å². The van der Waals surface area contributed by atoms with Gasteiger partial charge in [-0.05, 0) is 29.9 Å². The molecule has 0 aromatic heterocycles.